The molecule has 1 heterocycles. The molecule has 0 aromatic carbocycles. The zero-order valence-corrected chi connectivity index (χ0v) is 20.1. The highest BCUT2D eigenvalue weighted by molar-refractivity contribution is 14.0. The number of piperidine rings is 1. The third-order valence-corrected chi connectivity index (χ3v) is 6.77. The van der Waals surface area contributed by atoms with Gasteiger partial charge in [0.05, 0.1) is 0 Å². The van der Waals surface area contributed by atoms with Gasteiger partial charge in [0, 0.05) is 44.9 Å². The summed E-state index contributed by atoms with van der Waals surface area (Å²) in [7, 11) is 0. The number of guanidine groups is 1. The first-order chi connectivity index (χ1) is 12.7. The highest BCUT2D eigenvalue weighted by Gasteiger charge is 2.28. The standard InChI is InChI=1S/C21H42N4O.HI/c1-4-21(5-2,13-16-26)17-23-20(22-6-3)24-18-11-14-25(15-12-18)19-9-7-8-10-19;/h18-19,26H,4-17H2,1-3H3,(H2,22,23,24);1H. The third kappa shape index (κ3) is 7.69. The molecule has 2 aliphatic rings. The summed E-state index contributed by atoms with van der Waals surface area (Å²) in [4.78, 5) is 7.62. The second kappa shape index (κ2) is 13.2. The van der Waals surface area contributed by atoms with E-state index in [0.29, 0.717) is 6.04 Å². The average molecular weight is 495 g/mol. The molecule has 0 radical (unpaired) electrons. The van der Waals surface area contributed by atoms with Crippen LogP contribution in [0.5, 0.6) is 0 Å². The summed E-state index contributed by atoms with van der Waals surface area (Å²) >= 11 is 0. The molecule has 27 heavy (non-hydrogen) atoms. The number of rotatable bonds is 9. The Morgan fingerprint density at radius 1 is 1.07 bits per heavy atom. The average Bonchev–Trinajstić information content (AvgIpc) is 3.20. The number of hydrogen-bond donors (Lipinski definition) is 3. The van der Waals surface area contributed by atoms with E-state index in [9.17, 15) is 5.11 Å². The Hall–Kier alpha value is -0.0800. The molecule has 1 aliphatic carbocycles. The number of nitrogens with zero attached hydrogens (tertiary/aromatic N) is 2. The zero-order valence-electron chi connectivity index (χ0n) is 17.8. The predicted octanol–water partition coefficient (Wildman–Crippen LogP) is 3.76. The summed E-state index contributed by atoms with van der Waals surface area (Å²) in [6.45, 7) is 10.9. The largest absolute Gasteiger partial charge is 0.396 e. The van der Waals surface area contributed by atoms with E-state index in [1.165, 1.54) is 51.6 Å². The third-order valence-electron chi connectivity index (χ3n) is 6.77. The second-order valence-corrected chi connectivity index (χ2v) is 8.27. The van der Waals surface area contributed by atoms with Crippen LogP contribution in [0.15, 0.2) is 4.99 Å². The van der Waals surface area contributed by atoms with E-state index < -0.39 is 0 Å². The monoisotopic (exact) mass is 494 g/mol. The second-order valence-electron chi connectivity index (χ2n) is 8.27. The van der Waals surface area contributed by atoms with Gasteiger partial charge >= 0.3 is 0 Å². The fourth-order valence-corrected chi connectivity index (χ4v) is 4.58. The minimum Gasteiger partial charge on any atom is -0.396 e. The van der Waals surface area contributed by atoms with E-state index in [4.69, 9.17) is 4.99 Å². The molecule has 0 bridgehead atoms. The summed E-state index contributed by atoms with van der Waals surface area (Å²) in [6, 6.07) is 1.38. The first-order valence-corrected chi connectivity index (χ1v) is 11.1. The van der Waals surface area contributed by atoms with E-state index >= 15 is 0 Å². The minimum atomic E-state index is 0. The zero-order chi connectivity index (χ0) is 18.8. The van der Waals surface area contributed by atoms with Crippen molar-refractivity contribution in [3.63, 3.8) is 0 Å². The van der Waals surface area contributed by atoms with Crippen molar-refractivity contribution in [2.24, 2.45) is 10.4 Å². The summed E-state index contributed by atoms with van der Waals surface area (Å²) < 4.78 is 0. The van der Waals surface area contributed by atoms with Gasteiger partial charge in [-0.2, -0.15) is 0 Å². The highest BCUT2D eigenvalue weighted by Crippen LogP contribution is 2.30. The van der Waals surface area contributed by atoms with Crippen molar-refractivity contribution in [2.45, 2.75) is 90.6 Å². The van der Waals surface area contributed by atoms with Gasteiger partial charge in [-0.15, -0.1) is 24.0 Å². The molecule has 0 amide bonds. The lowest BCUT2D eigenvalue weighted by molar-refractivity contribution is 0.150. The molecular weight excluding hydrogens is 451 g/mol. The van der Waals surface area contributed by atoms with Crippen molar-refractivity contribution in [2.75, 3.05) is 32.8 Å². The van der Waals surface area contributed by atoms with Gasteiger partial charge in [-0.05, 0) is 57.3 Å². The molecular formula is C21H43IN4O. The van der Waals surface area contributed by atoms with Gasteiger partial charge < -0.3 is 20.6 Å². The van der Waals surface area contributed by atoms with Crippen molar-refractivity contribution < 1.29 is 5.11 Å². The van der Waals surface area contributed by atoms with Crippen LogP contribution in [0.3, 0.4) is 0 Å². The number of nitrogens with one attached hydrogen (secondary N) is 2. The van der Waals surface area contributed by atoms with Gasteiger partial charge in [0.25, 0.3) is 0 Å². The molecule has 2 fully saturated rings. The summed E-state index contributed by atoms with van der Waals surface area (Å²) in [5, 5.41) is 16.5. The van der Waals surface area contributed by atoms with Crippen LogP contribution in [0, 0.1) is 5.41 Å². The lowest BCUT2D eigenvalue weighted by Crippen LogP contribution is -2.50. The maximum absolute atomic E-state index is 9.42. The first kappa shape index (κ1) is 25.0. The lowest BCUT2D eigenvalue weighted by Gasteiger charge is -2.37. The molecule has 0 unspecified atom stereocenters. The number of aliphatic imine (C=N–C) groups is 1. The van der Waals surface area contributed by atoms with Crippen LogP contribution in [-0.4, -0.2) is 60.8 Å². The van der Waals surface area contributed by atoms with E-state index in [-0.39, 0.29) is 36.0 Å². The highest BCUT2D eigenvalue weighted by atomic mass is 127. The Bertz CT molecular complexity index is 414. The van der Waals surface area contributed by atoms with Crippen molar-refractivity contribution in [3.8, 4) is 0 Å². The van der Waals surface area contributed by atoms with Crippen molar-refractivity contribution in [1.29, 1.82) is 0 Å². The minimum absolute atomic E-state index is 0. The van der Waals surface area contributed by atoms with Crippen LogP contribution in [0.25, 0.3) is 0 Å². The number of aliphatic hydroxyl groups is 1. The van der Waals surface area contributed by atoms with Crippen LogP contribution >= 0.6 is 24.0 Å². The first-order valence-electron chi connectivity index (χ1n) is 11.1. The molecule has 5 nitrogen and oxygen atoms in total. The molecule has 1 saturated carbocycles. The Labute approximate surface area is 184 Å². The molecule has 2 rings (SSSR count). The molecule has 1 saturated heterocycles. The summed E-state index contributed by atoms with van der Waals surface area (Å²) in [5.41, 5.74) is 0.128. The van der Waals surface area contributed by atoms with Crippen LogP contribution in [0.1, 0.15) is 78.6 Å². The van der Waals surface area contributed by atoms with Crippen molar-refractivity contribution in [3.05, 3.63) is 0 Å². The fraction of sp³-hybridized carbons (Fsp3) is 0.952. The van der Waals surface area contributed by atoms with Gasteiger partial charge in [-0.25, -0.2) is 0 Å². The summed E-state index contributed by atoms with van der Waals surface area (Å²) in [5.74, 6) is 0.955. The quantitative estimate of drug-likeness (QED) is 0.260. The molecule has 6 heteroatoms. The molecule has 3 N–H and O–H groups in total. The van der Waals surface area contributed by atoms with Crippen molar-refractivity contribution in [1.82, 2.24) is 15.5 Å². The molecule has 0 aromatic heterocycles. The van der Waals surface area contributed by atoms with Crippen LogP contribution < -0.4 is 10.6 Å². The maximum Gasteiger partial charge on any atom is 0.191 e. The Morgan fingerprint density at radius 3 is 2.22 bits per heavy atom. The molecule has 0 aromatic rings. The number of hydrogen-bond acceptors (Lipinski definition) is 3. The maximum atomic E-state index is 9.42. The van der Waals surface area contributed by atoms with E-state index in [1.54, 1.807) is 0 Å². The molecule has 160 valence electrons. The lowest BCUT2D eigenvalue weighted by atomic mass is 9.79. The number of likely N-dealkylation sites (tertiary alicyclic amines) is 1. The Balaban J connectivity index is 0.00000364. The van der Waals surface area contributed by atoms with Gasteiger partial charge in [0.1, 0.15) is 0 Å². The number of halogens is 1. The normalized spacial score (nSPS) is 20.5. The molecule has 0 atom stereocenters. The van der Waals surface area contributed by atoms with Gasteiger partial charge in [-0.3, -0.25) is 4.99 Å². The summed E-state index contributed by atoms with van der Waals surface area (Å²) in [6.07, 6.45) is 11.0. The Morgan fingerprint density at radius 2 is 1.70 bits per heavy atom. The topological polar surface area (TPSA) is 59.9 Å². The van der Waals surface area contributed by atoms with Gasteiger partial charge in [-0.1, -0.05) is 26.7 Å². The van der Waals surface area contributed by atoms with E-state index in [1.807, 2.05) is 0 Å². The fourth-order valence-electron chi connectivity index (χ4n) is 4.58. The van der Waals surface area contributed by atoms with E-state index in [2.05, 4.69) is 36.3 Å². The number of aliphatic hydroxyl groups excluding tert-OH is 1. The van der Waals surface area contributed by atoms with Crippen LogP contribution in [0.4, 0.5) is 0 Å². The molecule has 0 spiro atoms. The smallest absolute Gasteiger partial charge is 0.191 e. The Kier molecular flexibility index (Phi) is 12.2. The van der Waals surface area contributed by atoms with Crippen LogP contribution in [0.2, 0.25) is 0 Å². The van der Waals surface area contributed by atoms with Gasteiger partial charge in [0.15, 0.2) is 5.96 Å². The van der Waals surface area contributed by atoms with E-state index in [0.717, 1.165) is 44.4 Å². The van der Waals surface area contributed by atoms with Crippen LogP contribution in [-0.2, 0) is 0 Å². The van der Waals surface area contributed by atoms with Crippen molar-refractivity contribution >= 4 is 29.9 Å². The predicted molar refractivity (Wildman–Crippen MR) is 126 cm³/mol. The SMILES string of the molecule is CCNC(=NCC(CC)(CC)CCO)NC1CCN(C2CCCC2)CC1.I. The van der Waals surface area contributed by atoms with Gasteiger partial charge in [0.2, 0.25) is 0 Å². The molecule has 1 aliphatic heterocycles.